The number of ketones is 1. The molecule has 0 heterocycles. The summed E-state index contributed by atoms with van der Waals surface area (Å²) in [5.41, 5.74) is -0.293. The summed E-state index contributed by atoms with van der Waals surface area (Å²) < 4.78 is 17.6. The molecule has 88 valence electrons. The van der Waals surface area contributed by atoms with Gasteiger partial charge in [0.1, 0.15) is 11.9 Å². The van der Waals surface area contributed by atoms with Gasteiger partial charge >= 0.3 is 5.97 Å². The Bertz CT molecular complexity index is 491. The van der Waals surface area contributed by atoms with Gasteiger partial charge in [0.25, 0.3) is 0 Å². The summed E-state index contributed by atoms with van der Waals surface area (Å²) in [5, 5.41) is 8.74. The van der Waals surface area contributed by atoms with E-state index >= 15 is 0 Å². The van der Waals surface area contributed by atoms with Gasteiger partial charge in [-0.05, 0) is 12.1 Å². The molecule has 0 saturated heterocycles. The summed E-state index contributed by atoms with van der Waals surface area (Å²) in [7, 11) is 1.22. The number of Topliss-reactive ketones (excluding diaryl/α,β-unsaturated/α-hetero) is 1. The lowest BCUT2D eigenvalue weighted by Gasteiger charge is -2.03. The van der Waals surface area contributed by atoms with Gasteiger partial charge in [-0.15, -0.1) is 0 Å². The summed E-state index contributed by atoms with van der Waals surface area (Å²) in [6.45, 7) is 0. The molecule has 0 amide bonds. The number of carbonyl (C=O) groups excluding carboxylic acids is 2. The van der Waals surface area contributed by atoms with Crippen LogP contribution >= 0.6 is 0 Å². The fourth-order valence-electron chi connectivity index (χ4n) is 1.32. The Hall–Kier alpha value is -2.22. The molecule has 0 aliphatic carbocycles. The molecule has 0 saturated carbocycles. The molecule has 0 N–H and O–H groups in total. The first-order chi connectivity index (χ1) is 8.10. The van der Waals surface area contributed by atoms with Crippen molar-refractivity contribution >= 4 is 11.8 Å². The zero-order valence-electron chi connectivity index (χ0n) is 9.20. The number of hydrogen-bond acceptors (Lipinski definition) is 4. The largest absolute Gasteiger partial charge is 0.469 e. The fourth-order valence-corrected chi connectivity index (χ4v) is 1.32. The Morgan fingerprint density at radius 1 is 1.41 bits per heavy atom. The van der Waals surface area contributed by atoms with Gasteiger partial charge < -0.3 is 4.74 Å². The van der Waals surface area contributed by atoms with Crippen LogP contribution in [0, 0.1) is 17.1 Å². The van der Waals surface area contributed by atoms with Gasteiger partial charge in [0.15, 0.2) is 5.78 Å². The third-order valence-corrected chi connectivity index (χ3v) is 2.21. The highest BCUT2D eigenvalue weighted by Gasteiger charge is 2.15. The number of rotatable bonds is 4. The second-order valence-corrected chi connectivity index (χ2v) is 3.27. The highest BCUT2D eigenvalue weighted by Crippen LogP contribution is 2.15. The maximum absolute atomic E-state index is 13.2. The van der Waals surface area contributed by atoms with E-state index in [0.717, 1.165) is 6.07 Å². The van der Waals surface area contributed by atoms with Gasteiger partial charge in [-0.25, -0.2) is 4.39 Å². The van der Waals surface area contributed by atoms with Crippen LogP contribution in [0.25, 0.3) is 0 Å². The highest BCUT2D eigenvalue weighted by molar-refractivity contribution is 5.99. The molecule has 0 aliphatic rings. The van der Waals surface area contributed by atoms with E-state index in [1.165, 1.54) is 19.2 Å². The second kappa shape index (κ2) is 5.75. The van der Waals surface area contributed by atoms with E-state index in [0.29, 0.717) is 0 Å². The first-order valence-electron chi connectivity index (χ1n) is 4.88. The molecule has 0 spiro atoms. The van der Waals surface area contributed by atoms with Crippen molar-refractivity contribution in [2.24, 2.45) is 0 Å². The lowest BCUT2D eigenvalue weighted by atomic mass is 10.0. The minimum absolute atomic E-state index is 0.00333. The van der Waals surface area contributed by atoms with Crippen molar-refractivity contribution in [2.45, 2.75) is 12.8 Å². The molecule has 17 heavy (non-hydrogen) atoms. The van der Waals surface area contributed by atoms with Crippen LogP contribution in [0.1, 0.15) is 28.8 Å². The van der Waals surface area contributed by atoms with Crippen LogP contribution in [0.3, 0.4) is 0 Å². The summed E-state index contributed by atoms with van der Waals surface area (Å²) in [6.07, 6.45) is -0.193. The normalized spacial score (nSPS) is 9.47. The van der Waals surface area contributed by atoms with Crippen molar-refractivity contribution < 1.29 is 18.7 Å². The van der Waals surface area contributed by atoms with E-state index in [1.54, 1.807) is 6.07 Å². The van der Waals surface area contributed by atoms with E-state index in [1.807, 2.05) is 0 Å². The predicted molar refractivity (Wildman–Crippen MR) is 56.7 cm³/mol. The molecule has 0 fully saturated rings. The Morgan fingerprint density at radius 3 is 2.71 bits per heavy atom. The summed E-state index contributed by atoms with van der Waals surface area (Å²) in [6, 6.07) is 5.45. The zero-order chi connectivity index (χ0) is 12.8. The molecular formula is C12H10FNO3. The number of methoxy groups -OCH3 is 1. The average molecular weight is 235 g/mol. The van der Waals surface area contributed by atoms with Crippen molar-refractivity contribution in [3.8, 4) is 6.07 Å². The molecule has 0 aliphatic heterocycles. The number of ether oxygens (including phenoxy) is 1. The molecule has 0 aromatic heterocycles. The van der Waals surface area contributed by atoms with E-state index in [9.17, 15) is 14.0 Å². The molecule has 4 nitrogen and oxygen atoms in total. The van der Waals surface area contributed by atoms with Crippen LogP contribution in [-0.4, -0.2) is 18.9 Å². The Kier molecular flexibility index (Phi) is 4.35. The molecule has 5 heteroatoms. The van der Waals surface area contributed by atoms with Gasteiger partial charge in [0.2, 0.25) is 0 Å². The SMILES string of the molecule is COC(=O)CCC(=O)c1cccc(F)c1C#N. The molecule has 0 atom stereocenters. The summed E-state index contributed by atoms with van der Waals surface area (Å²) in [4.78, 5) is 22.5. The third kappa shape index (κ3) is 3.11. The van der Waals surface area contributed by atoms with E-state index in [2.05, 4.69) is 4.74 Å². The number of hydrogen-bond donors (Lipinski definition) is 0. The van der Waals surface area contributed by atoms with Gasteiger partial charge in [0.05, 0.1) is 19.1 Å². The van der Waals surface area contributed by atoms with E-state index in [-0.39, 0.29) is 24.0 Å². The maximum atomic E-state index is 13.2. The summed E-state index contributed by atoms with van der Waals surface area (Å²) in [5.74, 6) is -1.71. The van der Waals surface area contributed by atoms with Crippen LogP contribution < -0.4 is 0 Å². The van der Waals surface area contributed by atoms with Crippen LogP contribution in [0.4, 0.5) is 4.39 Å². The maximum Gasteiger partial charge on any atom is 0.305 e. The number of nitrogens with zero attached hydrogens (tertiary/aromatic N) is 1. The van der Waals surface area contributed by atoms with Crippen LogP contribution in [0.2, 0.25) is 0 Å². The van der Waals surface area contributed by atoms with Gasteiger partial charge in [0, 0.05) is 12.0 Å². The number of carbonyl (C=O) groups is 2. The Balaban J connectivity index is 2.87. The monoisotopic (exact) mass is 235 g/mol. The lowest BCUT2D eigenvalue weighted by Crippen LogP contribution is -2.08. The average Bonchev–Trinajstić information content (AvgIpc) is 2.35. The van der Waals surface area contributed by atoms with Crippen LogP contribution in [0.5, 0.6) is 0 Å². The van der Waals surface area contributed by atoms with Crippen LogP contribution in [0.15, 0.2) is 18.2 Å². The standard InChI is InChI=1S/C12H10FNO3/c1-17-12(16)6-5-11(15)8-3-2-4-10(13)9(8)7-14/h2-4H,5-6H2,1H3. The second-order valence-electron chi connectivity index (χ2n) is 3.27. The van der Waals surface area contributed by atoms with E-state index < -0.39 is 17.6 Å². The quantitative estimate of drug-likeness (QED) is 0.589. The first-order valence-corrected chi connectivity index (χ1v) is 4.88. The lowest BCUT2D eigenvalue weighted by molar-refractivity contribution is -0.140. The van der Waals surface area contributed by atoms with Crippen molar-refractivity contribution in [3.63, 3.8) is 0 Å². The predicted octanol–water partition coefficient (Wildman–Crippen LogP) is 1.83. The first kappa shape index (κ1) is 12.8. The molecule has 0 bridgehead atoms. The molecule has 1 aromatic carbocycles. The topological polar surface area (TPSA) is 67.2 Å². The van der Waals surface area contributed by atoms with Gasteiger partial charge in [-0.1, -0.05) is 6.07 Å². The third-order valence-electron chi connectivity index (χ3n) is 2.21. The smallest absolute Gasteiger partial charge is 0.305 e. The highest BCUT2D eigenvalue weighted by atomic mass is 19.1. The van der Waals surface area contributed by atoms with Gasteiger partial charge in [-0.2, -0.15) is 5.26 Å². The summed E-state index contributed by atoms with van der Waals surface area (Å²) >= 11 is 0. The Morgan fingerprint density at radius 2 is 2.12 bits per heavy atom. The fraction of sp³-hybridized carbons (Fsp3) is 0.250. The van der Waals surface area contributed by atoms with Crippen molar-refractivity contribution in [3.05, 3.63) is 35.1 Å². The van der Waals surface area contributed by atoms with Gasteiger partial charge in [-0.3, -0.25) is 9.59 Å². The molecular weight excluding hydrogens is 225 g/mol. The number of halogens is 1. The zero-order valence-corrected chi connectivity index (χ0v) is 9.20. The number of benzene rings is 1. The molecule has 1 aromatic rings. The number of esters is 1. The van der Waals surface area contributed by atoms with Crippen molar-refractivity contribution in [1.29, 1.82) is 5.26 Å². The minimum atomic E-state index is -0.739. The molecule has 0 radical (unpaired) electrons. The van der Waals surface area contributed by atoms with Crippen molar-refractivity contribution in [1.82, 2.24) is 0 Å². The molecule has 1 rings (SSSR count). The minimum Gasteiger partial charge on any atom is -0.469 e. The van der Waals surface area contributed by atoms with Crippen LogP contribution in [-0.2, 0) is 9.53 Å². The Labute approximate surface area is 97.6 Å². The number of nitriles is 1. The van der Waals surface area contributed by atoms with Crippen molar-refractivity contribution in [2.75, 3.05) is 7.11 Å². The van der Waals surface area contributed by atoms with E-state index in [4.69, 9.17) is 5.26 Å². The molecule has 0 unspecified atom stereocenters.